The highest BCUT2D eigenvalue weighted by atomic mass is 79.9. The summed E-state index contributed by atoms with van der Waals surface area (Å²) < 4.78 is 35.5. The number of halogens is 4. The van der Waals surface area contributed by atoms with Crippen molar-refractivity contribution < 1.29 is 28.2 Å². The van der Waals surface area contributed by atoms with Crippen molar-refractivity contribution in [1.82, 2.24) is 9.80 Å². The molecule has 0 aliphatic carbocycles. The first kappa shape index (κ1) is 17.5. The van der Waals surface area contributed by atoms with Gasteiger partial charge < -0.3 is 19.5 Å². The van der Waals surface area contributed by atoms with E-state index in [-0.39, 0.29) is 27.9 Å². The molecule has 1 amide bonds. The first-order chi connectivity index (χ1) is 11.4. The Morgan fingerprint density at radius 3 is 2.92 bits per heavy atom. The van der Waals surface area contributed by atoms with Gasteiger partial charge in [0.2, 0.25) is 0 Å². The van der Waals surface area contributed by atoms with Gasteiger partial charge in [-0.15, -0.1) is 0 Å². The molecule has 2 aliphatic heterocycles. The van der Waals surface area contributed by atoms with Gasteiger partial charge in [0.15, 0.2) is 0 Å². The zero-order valence-electron chi connectivity index (χ0n) is 12.3. The highest BCUT2D eigenvalue weighted by molar-refractivity contribution is 9.10. The van der Waals surface area contributed by atoms with Crippen LogP contribution in [0.4, 0.5) is 13.6 Å². The van der Waals surface area contributed by atoms with Gasteiger partial charge in [-0.25, -0.2) is 4.79 Å². The topological polar surface area (TPSA) is 62.2 Å². The van der Waals surface area contributed by atoms with Crippen LogP contribution in [0.25, 0.3) is 0 Å². The third kappa shape index (κ3) is 3.38. The van der Waals surface area contributed by atoms with E-state index in [2.05, 4.69) is 25.6 Å². The molecule has 3 rings (SSSR count). The van der Waals surface area contributed by atoms with Gasteiger partial charge in [-0.2, -0.15) is 8.78 Å². The molecule has 24 heavy (non-hydrogen) atoms. The Kier molecular flexibility index (Phi) is 5.03. The summed E-state index contributed by atoms with van der Waals surface area (Å²) in [6.45, 7) is -1.06. The van der Waals surface area contributed by atoms with Crippen LogP contribution < -0.4 is 9.47 Å². The maximum Gasteiger partial charge on any atom is 0.407 e. The van der Waals surface area contributed by atoms with Crippen molar-refractivity contribution in [2.24, 2.45) is 0 Å². The van der Waals surface area contributed by atoms with Gasteiger partial charge in [0.05, 0.1) is 10.5 Å². The number of ether oxygens (including phenoxy) is 2. The van der Waals surface area contributed by atoms with E-state index in [4.69, 9.17) is 21.4 Å². The second-order valence-electron chi connectivity index (χ2n) is 5.53. The van der Waals surface area contributed by atoms with Gasteiger partial charge in [0.1, 0.15) is 23.1 Å². The fourth-order valence-electron chi connectivity index (χ4n) is 2.92. The second kappa shape index (κ2) is 6.89. The quantitative estimate of drug-likeness (QED) is 0.785. The molecule has 1 aromatic carbocycles. The molecule has 0 radical (unpaired) electrons. The molecular weight excluding hydrogens is 414 g/mol. The van der Waals surface area contributed by atoms with Crippen LogP contribution in [0, 0.1) is 0 Å². The van der Waals surface area contributed by atoms with E-state index in [1.54, 1.807) is 0 Å². The predicted molar refractivity (Wildman–Crippen MR) is 85.1 cm³/mol. The highest BCUT2D eigenvalue weighted by Crippen LogP contribution is 2.44. The minimum absolute atomic E-state index is 0.0556. The average molecular weight is 428 g/mol. The smallest absolute Gasteiger partial charge is 0.407 e. The van der Waals surface area contributed by atoms with Crippen LogP contribution in [-0.2, 0) is 6.54 Å². The fourth-order valence-corrected chi connectivity index (χ4v) is 3.58. The molecule has 0 spiro atoms. The monoisotopic (exact) mass is 426 g/mol. The Bertz CT molecular complexity index is 664. The van der Waals surface area contributed by atoms with E-state index in [0.29, 0.717) is 37.5 Å². The van der Waals surface area contributed by atoms with Crippen molar-refractivity contribution in [3.63, 3.8) is 0 Å². The summed E-state index contributed by atoms with van der Waals surface area (Å²) in [5, 5.41) is 9.29. The van der Waals surface area contributed by atoms with Crippen molar-refractivity contribution in [1.29, 1.82) is 0 Å². The van der Waals surface area contributed by atoms with Crippen molar-refractivity contribution in [2.45, 2.75) is 19.2 Å². The number of hydrogen-bond donors (Lipinski definition) is 1. The Morgan fingerprint density at radius 1 is 1.50 bits per heavy atom. The molecule has 0 aromatic heterocycles. The number of piperazine rings is 1. The summed E-state index contributed by atoms with van der Waals surface area (Å²) in [4.78, 5) is 14.5. The average Bonchev–Trinajstić information content (AvgIpc) is 2.70. The first-order valence-corrected chi connectivity index (χ1v) is 8.34. The Balaban J connectivity index is 1.88. The van der Waals surface area contributed by atoms with Gasteiger partial charge in [-0.3, -0.25) is 4.90 Å². The van der Waals surface area contributed by atoms with E-state index in [0.717, 1.165) is 0 Å². The number of hydrogen-bond acceptors (Lipinski definition) is 4. The van der Waals surface area contributed by atoms with E-state index < -0.39 is 12.7 Å². The second-order valence-corrected chi connectivity index (χ2v) is 6.70. The van der Waals surface area contributed by atoms with Gasteiger partial charge in [0, 0.05) is 31.7 Å². The van der Waals surface area contributed by atoms with Crippen LogP contribution in [0.2, 0.25) is 5.02 Å². The Morgan fingerprint density at radius 2 is 2.25 bits per heavy atom. The Hall–Kier alpha value is -1.32. The van der Waals surface area contributed by atoms with E-state index >= 15 is 0 Å². The van der Waals surface area contributed by atoms with Crippen LogP contribution in [-0.4, -0.2) is 59.9 Å². The first-order valence-electron chi connectivity index (χ1n) is 7.17. The van der Waals surface area contributed by atoms with Gasteiger partial charge in [-0.05, 0) is 22.0 Å². The molecule has 1 N–H and O–H groups in total. The summed E-state index contributed by atoms with van der Waals surface area (Å²) in [6.07, 6.45) is -0.968. The highest BCUT2D eigenvalue weighted by Gasteiger charge is 2.34. The fraction of sp³-hybridized carbons (Fsp3) is 0.500. The van der Waals surface area contributed by atoms with Crippen molar-refractivity contribution in [3.8, 4) is 11.5 Å². The summed E-state index contributed by atoms with van der Waals surface area (Å²) in [7, 11) is 0. The molecule has 132 valence electrons. The SMILES string of the molecule is O=C(O)N1CCN2Cc3cc(OC(F)F)c(Br)c(Cl)c3OC[C@H]2C1. The maximum absolute atomic E-state index is 12.5. The molecule has 1 saturated heterocycles. The third-order valence-corrected chi connectivity index (χ3v) is 5.47. The standard InChI is InChI=1S/C14H14BrClF2N2O4/c15-10-9(24-13(17)18)3-7-4-19-1-2-20(14(21)22)5-8(19)6-23-12(7)11(10)16/h3,8,13H,1-2,4-6H2,(H,21,22)/t8-/m1/s1. The molecule has 2 heterocycles. The number of rotatable bonds is 2. The molecule has 0 unspecified atom stereocenters. The van der Waals surface area contributed by atoms with E-state index in [1.165, 1.54) is 11.0 Å². The predicted octanol–water partition coefficient (Wildman–Crippen LogP) is 3.26. The lowest BCUT2D eigenvalue weighted by Gasteiger charge is -2.38. The van der Waals surface area contributed by atoms with Crippen LogP contribution in [0.1, 0.15) is 5.56 Å². The molecular formula is C14H14BrClF2N2O4. The van der Waals surface area contributed by atoms with Gasteiger partial charge >= 0.3 is 12.7 Å². The number of carboxylic acid groups (broad SMARTS) is 1. The summed E-state index contributed by atoms with van der Waals surface area (Å²) >= 11 is 9.38. The van der Waals surface area contributed by atoms with Crippen LogP contribution >= 0.6 is 27.5 Å². The number of amides is 1. The van der Waals surface area contributed by atoms with Crippen molar-refractivity contribution in [2.75, 3.05) is 26.2 Å². The summed E-state index contributed by atoms with van der Waals surface area (Å²) in [5.74, 6) is 0.349. The van der Waals surface area contributed by atoms with Crippen LogP contribution in [0.15, 0.2) is 10.5 Å². The minimum atomic E-state index is -2.96. The number of carbonyl (C=O) groups is 1. The minimum Gasteiger partial charge on any atom is -0.490 e. The number of fused-ring (bicyclic) bond motifs is 2. The van der Waals surface area contributed by atoms with Gasteiger partial charge in [0.25, 0.3) is 0 Å². The molecule has 6 nitrogen and oxygen atoms in total. The molecule has 2 aliphatic rings. The molecule has 1 aromatic rings. The third-order valence-electron chi connectivity index (χ3n) is 4.09. The lowest BCUT2D eigenvalue weighted by Crippen LogP contribution is -2.55. The van der Waals surface area contributed by atoms with Crippen molar-refractivity contribution in [3.05, 3.63) is 21.1 Å². The van der Waals surface area contributed by atoms with Gasteiger partial charge in [-0.1, -0.05) is 11.6 Å². The lowest BCUT2D eigenvalue weighted by molar-refractivity contribution is -0.0504. The van der Waals surface area contributed by atoms with Crippen molar-refractivity contribution >= 4 is 33.6 Å². The zero-order valence-corrected chi connectivity index (χ0v) is 14.7. The Labute approximate surface area is 150 Å². The maximum atomic E-state index is 12.5. The number of nitrogens with zero attached hydrogens (tertiary/aromatic N) is 2. The summed E-state index contributed by atoms with van der Waals surface area (Å²) in [5.41, 5.74) is 0.630. The van der Waals surface area contributed by atoms with Crippen LogP contribution in [0.3, 0.4) is 0 Å². The summed E-state index contributed by atoms with van der Waals surface area (Å²) in [6, 6.07) is 1.35. The molecule has 0 saturated carbocycles. The normalized spacial score (nSPS) is 20.9. The van der Waals surface area contributed by atoms with E-state index in [9.17, 15) is 13.6 Å². The number of benzene rings is 1. The zero-order chi connectivity index (χ0) is 17.4. The molecule has 10 heteroatoms. The molecule has 1 fully saturated rings. The largest absolute Gasteiger partial charge is 0.490 e. The number of alkyl halides is 2. The molecule has 1 atom stereocenters. The van der Waals surface area contributed by atoms with Crippen LogP contribution in [0.5, 0.6) is 11.5 Å². The lowest BCUT2D eigenvalue weighted by atomic mass is 10.1. The van der Waals surface area contributed by atoms with E-state index in [1.807, 2.05) is 0 Å². The molecule has 0 bridgehead atoms.